The lowest BCUT2D eigenvalue weighted by atomic mass is 10.1. The summed E-state index contributed by atoms with van der Waals surface area (Å²) in [6.45, 7) is 6.37. The molecule has 0 saturated heterocycles. The van der Waals surface area contributed by atoms with E-state index in [2.05, 4.69) is 40.9 Å². The second-order valence-electron chi connectivity index (χ2n) is 5.26. The Balaban J connectivity index is 2.16. The Morgan fingerprint density at radius 1 is 1.18 bits per heavy atom. The van der Waals surface area contributed by atoms with E-state index >= 15 is 0 Å². The van der Waals surface area contributed by atoms with Gasteiger partial charge < -0.3 is 10.1 Å². The van der Waals surface area contributed by atoms with Gasteiger partial charge in [-0.05, 0) is 60.2 Å². The predicted octanol–water partition coefficient (Wildman–Crippen LogP) is 4.84. The van der Waals surface area contributed by atoms with Gasteiger partial charge in [-0.25, -0.2) is 0 Å². The smallest absolute Gasteiger partial charge is 0.224 e. The molecule has 1 N–H and O–H groups in total. The van der Waals surface area contributed by atoms with E-state index in [1.165, 1.54) is 5.56 Å². The number of ether oxygens (including phenoxy) is 1. The molecule has 2 aromatic rings. The van der Waals surface area contributed by atoms with E-state index in [4.69, 9.17) is 4.74 Å². The molecule has 0 aliphatic heterocycles. The van der Waals surface area contributed by atoms with Crippen molar-refractivity contribution in [1.29, 1.82) is 0 Å². The number of aryl methyl sites for hydroxylation is 2. The lowest BCUT2D eigenvalue weighted by Crippen LogP contribution is -2.12. The van der Waals surface area contributed by atoms with Crippen molar-refractivity contribution in [2.24, 2.45) is 0 Å². The van der Waals surface area contributed by atoms with Crippen molar-refractivity contribution in [2.45, 2.75) is 33.8 Å². The summed E-state index contributed by atoms with van der Waals surface area (Å²) in [5.74, 6) is 0.881. The van der Waals surface area contributed by atoms with Gasteiger partial charge in [-0.1, -0.05) is 30.7 Å². The fraction of sp³-hybridized carbons (Fsp3) is 0.278. The Morgan fingerprint density at radius 2 is 1.95 bits per heavy atom. The van der Waals surface area contributed by atoms with Crippen molar-refractivity contribution in [1.82, 2.24) is 0 Å². The van der Waals surface area contributed by atoms with E-state index in [1.54, 1.807) is 0 Å². The summed E-state index contributed by atoms with van der Waals surface area (Å²) in [5, 5.41) is 2.94. The number of amides is 1. The molecule has 0 aliphatic rings. The minimum atomic E-state index is 0.00904. The summed E-state index contributed by atoms with van der Waals surface area (Å²) >= 11 is 2.24. The molecule has 0 unspecified atom stereocenters. The Bertz CT molecular complexity index is 683. The van der Waals surface area contributed by atoms with Gasteiger partial charge in [-0.3, -0.25) is 4.79 Å². The van der Waals surface area contributed by atoms with Crippen LogP contribution >= 0.6 is 22.6 Å². The predicted molar refractivity (Wildman–Crippen MR) is 98.3 cm³/mol. The summed E-state index contributed by atoms with van der Waals surface area (Å²) in [4.78, 5) is 11.7. The summed E-state index contributed by atoms with van der Waals surface area (Å²) in [6.07, 6.45) is 0.461. The Kier molecular flexibility index (Phi) is 5.83. The summed E-state index contributed by atoms with van der Waals surface area (Å²) in [7, 11) is 0. The molecule has 116 valence electrons. The van der Waals surface area contributed by atoms with Crippen LogP contribution in [0.25, 0.3) is 0 Å². The van der Waals surface area contributed by atoms with E-state index in [0.717, 1.165) is 26.1 Å². The molecule has 0 heterocycles. The van der Waals surface area contributed by atoms with Crippen molar-refractivity contribution in [3.8, 4) is 5.75 Å². The quantitative estimate of drug-likeness (QED) is 0.719. The van der Waals surface area contributed by atoms with Crippen LogP contribution in [0.15, 0.2) is 36.4 Å². The van der Waals surface area contributed by atoms with Gasteiger partial charge in [-0.15, -0.1) is 0 Å². The van der Waals surface area contributed by atoms with Crippen molar-refractivity contribution in [2.75, 3.05) is 5.32 Å². The van der Waals surface area contributed by atoms with Gasteiger partial charge >= 0.3 is 0 Å². The minimum absolute atomic E-state index is 0.00904. The van der Waals surface area contributed by atoms with Crippen LogP contribution in [-0.4, -0.2) is 5.91 Å². The van der Waals surface area contributed by atoms with Crippen molar-refractivity contribution in [3.63, 3.8) is 0 Å². The van der Waals surface area contributed by atoms with E-state index in [0.29, 0.717) is 13.0 Å². The number of benzene rings is 2. The van der Waals surface area contributed by atoms with Gasteiger partial charge in [0, 0.05) is 21.2 Å². The van der Waals surface area contributed by atoms with Crippen LogP contribution in [0.5, 0.6) is 5.75 Å². The van der Waals surface area contributed by atoms with Crippen LogP contribution < -0.4 is 10.1 Å². The van der Waals surface area contributed by atoms with Crippen LogP contribution in [0.4, 0.5) is 5.69 Å². The molecule has 3 nitrogen and oxygen atoms in total. The molecule has 4 heteroatoms. The molecule has 0 spiro atoms. The number of halogens is 1. The molecule has 0 atom stereocenters. The van der Waals surface area contributed by atoms with Gasteiger partial charge in [0.05, 0.1) is 0 Å². The first-order valence-corrected chi connectivity index (χ1v) is 8.35. The molecule has 0 saturated carbocycles. The van der Waals surface area contributed by atoms with E-state index < -0.39 is 0 Å². The van der Waals surface area contributed by atoms with Crippen molar-refractivity contribution < 1.29 is 9.53 Å². The lowest BCUT2D eigenvalue weighted by molar-refractivity contribution is -0.115. The summed E-state index contributed by atoms with van der Waals surface area (Å²) < 4.78 is 7.00. The monoisotopic (exact) mass is 409 g/mol. The second kappa shape index (κ2) is 7.63. The number of nitrogens with one attached hydrogen (secondary N) is 1. The summed E-state index contributed by atoms with van der Waals surface area (Å²) in [5.41, 5.74) is 4.13. The topological polar surface area (TPSA) is 38.3 Å². The average molecular weight is 409 g/mol. The molecule has 0 aliphatic carbocycles. The summed E-state index contributed by atoms with van der Waals surface area (Å²) in [6, 6.07) is 12.1. The number of rotatable bonds is 5. The molecule has 2 rings (SSSR count). The highest BCUT2D eigenvalue weighted by Crippen LogP contribution is 2.24. The second-order valence-corrected chi connectivity index (χ2v) is 6.51. The van der Waals surface area contributed by atoms with Crippen molar-refractivity contribution >= 4 is 34.2 Å². The Labute approximate surface area is 145 Å². The van der Waals surface area contributed by atoms with Gasteiger partial charge in [0.15, 0.2) is 0 Å². The molecular weight excluding hydrogens is 389 g/mol. The number of carbonyl (C=O) groups is 1. The Hall–Kier alpha value is -1.56. The molecule has 1 amide bonds. The maximum Gasteiger partial charge on any atom is 0.224 e. The maximum absolute atomic E-state index is 11.7. The molecule has 0 aromatic heterocycles. The van der Waals surface area contributed by atoms with Crippen molar-refractivity contribution in [3.05, 3.63) is 56.7 Å². The number of carbonyl (C=O) groups excluding carboxylic acids is 1. The van der Waals surface area contributed by atoms with Crippen LogP contribution in [0.1, 0.15) is 30.0 Å². The zero-order chi connectivity index (χ0) is 16.1. The largest absolute Gasteiger partial charge is 0.489 e. The van der Waals surface area contributed by atoms with Crippen LogP contribution in [0.2, 0.25) is 0 Å². The molecule has 22 heavy (non-hydrogen) atoms. The molecule has 0 radical (unpaired) electrons. The highest BCUT2D eigenvalue weighted by atomic mass is 127. The average Bonchev–Trinajstić information content (AvgIpc) is 2.48. The SMILES string of the molecule is CCC(=O)Nc1cc(I)ccc1COc1ccc(C)cc1C. The van der Waals surface area contributed by atoms with E-state index in [1.807, 2.05) is 44.2 Å². The Morgan fingerprint density at radius 3 is 2.64 bits per heavy atom. The third kappa shape index (κ3) is 4.47. The molecule has 2 aromatic carbocycles. The maximum atomic E-state index is 11.7. The molecular formula is C18H20INO2. The zero-order valence-electron chi connectivity index (χ0n) is 13.1. The van der Waals surface area contributed by atoms with Gasteiger partial charge in [0.25, 0.3) is 0 Å². The van der Waals surface area contributed by atoms with E-state index in [-0.39, 0.29) is 5.91 Å². The van der Waals surface area contributed by atoms with E-state index in [9.17, 15) is 4.79 Å². The fourth-order valence-corrected chi connectivity index (χ4v) is 2.64. The number of hydrogen-bond acceptors (Lipinski definition) is 2. The first kappa shape index (κ1) is 16.8. The third-order valence-corrected chi connectivity index (χ3v) is 4.05. The third-order valence-electron chi connectivity index (χ3n) is 3.38. The lowest BCUT2D eigenvalue weighted by Gasteiger charge is -2.14. The van der Waals surface area contributed by atoms with Gasteiger partial charge in [-0.2, -0.15) is 0 Å². The highest BCUT2D eigenvalue weighted by Gasteiger charge is 2.08. The molecule has 0 fully saturated rings. The fourth-order valence-electron chi connectivity index (χ4n) is 2.15. The molecule has 0 bridgehead atoms. The minimum Gasteiger partial charge on any atom is -0.489 e. The van der Waals surface area contributed by atoms with Crippen LogP contribution in [0.3, 0.4) is 0 Å². The van der Waals surface area contributed by atoms with Crippen LogP contribution in [0, 0.1) is 17.4 Å². The normalized spacial score (nSPS) is 10.4. The first-order chi connectivity index (χ1) is 10.5. The first-order valence-electron chi connectivity index (χ1n) is 7.28. The number of hydrogen-bond donors (Lipinski definition) is 1. The van der Waals surface area contributed by atoms with Gasteiger partial charge in [0.2, 0.25) is 5.91 Å². The highest BCUT2D eigenvalue weighted by molar-refractivity contribution is 14.1. The van der Waals surface area contributed by atoms with Crippen LogP contribution in [-0.2, 0) is 11.4 Å². The van der Waals surface area contributed by atoms with Gasteiger partial charge in [0.1, 0.15) is 12.4 Å². The zero-order valence-corrected chi connectivity index (χ0v) is 15.2. The number of anilines is 1. The standard InChI is InChI=1S/C18H20INO2/c1-4-18(21)20-16-10-15(19)7-6-14(16)11-22-17-8-5-12(2)9-13(17)3/h5-10H,4,11H2,1-3H3,(H,20,21).